The summed E-state index contributed by atoms with van der Waals surface area (Å²) < 4.78 is 3.46. The van der Waals surface area contributed by atoms with Gasteiger partial charge in [-0.3, -0.25) is 0 Å². The van der Waals surface area contributed by atoms with Gasteiger partial charge in [-0.25, -0.2) is 0 Å². The molecule has 0 bridgehead atoms. The first-order valence-corrected chi connectivity index (χ1v) is 7.18. The Morgan fingerprint density at radius 3 is 2.40 bits per heavy atom. The van der Waals surface area contributed by atoms with Gasteiger partial charge in [0, 0.05) is 0 Å². The van der Waals surface area contributed by atoms with E-state index >= 15 is 0 Å². The fourth-order valence-electron chi connectivity index (χ4n) is 2.28. The first kappa shape index (κ1) is 11.2. The van der Waals surface area contributed by atoms with E-state index in [2.05, 4.69) is 45.9 Å². The summed E-state index contributed by atoms with van der Waals surface area (Å²) in [5, 5.41) is 0. The van der Waals surface area contributed by atoms with Crippen LogP contribution in [0.2, 0.25) is 0 Å². The number of allylic oxidation sites excluding steroid dienone is 8. The molecule has 1 heteroatoms. The average molecular weight is 234 g/mol. The van der Waals surface area contributed by atoms with Crippen LogP contribution in [-0.2, 0) is 19.2 Å². The first-order valence-electron chi connectivity index (χ1n) is 5.62. The normalized spacial score (nSPS) is 25.3. The van der Waals surface area contributed by atoms with Crippen LogP contribution in [-0.4, -0.2) is 0 Å². The van der Waals surface area contributed by atoms with Crippen LogP contribution in [0.25, 0.3) is 0 Å². The topological polar surface area (TPSA) is 0 Å². The average Bonchev–Trinajstić information content (AvgIpc) is 2.79. The number of rotatable bonds is 2. The Bertz CT molecular complexity index is 405. The number of hydrogen-bond donors (Lipinski definition) is 0. The minimum atomic E-state index is -0.0244. The molecule has 0 saturated carbocycles. The molecule has 0 fully saturated rings. The van der Waals surface area contributed by atoms with Crippen LogP contribution < -0.4 is 0 Å². The van der Waals surface area contributed by atoms with Crippen molar-refractivity contribution in [3.8, 4) is 0 Å². The Morgan fingerprint density at radius 2 is 1.93 bits per heavy atom. The molecule has 2 aliphatic carbocycles. The summed E-state index contributed by atoms with van der Waals surface area (Å²) in [4.78, 5) is 0. The van der Waals surface area contributed by atoms with Gasteiger partial charge >= 0.3 is 102 Å². The summed E-state index contributed by atoms with van der Waals surface area (Å²) in [6, 6.07) is 0. The maximum atomic E-state index is 2.37. The zero-order chi connectivity index (χ0) is 11.0. The molecule has 0 spiro atoms. The van der Waals surface area contributed by atoms with Crippen LogP contribution in [0.3, 0.4) is 0 Å². The van der Waals surface area contributed by atoms with E-state index in [1.807, 2.05) is 0 Å². The van der Waals surface area contributed by atoms with Gasteiger partial charge in [0.25, 0.3) is 0 Å². The van der Waals surface area contributed by atoms with Crippen molar-refractivity contribution in [2.24, 2.45) is 5.92 Å². The van der Waals surface area contributed by atoms with Crippen molar-refractivity contribution in [3.63, 3.8) is 0 Å². The molecule has 0 heterocycles. The molecule has 1 unspecified atom stereocenters. The fourth-order valence-corrected chi connectivity index (χ4v) is 4.70. The van der Waals surface area contributed by atoms with E-state index in [-0.39, 0.29) is 19.2 Å². The Kier molecular flexibility index (Phi) is 3.18. The molecule has 0 saturated heterocycles. The van der Waals surface area contributed by atoms with Crippen molar-refractivity contribution < 1.29 is 19.2 Å². The molecular formula is C14H18Ti. The summed E-state index contributed by atoms with van der Waals surface area (Å²) >= 11 is -0.0244. The van der Waals surface area contributed by atoms with Crippen LogP contribution in [0.1, 0.15) is 34.1 Å². The molecule has 0 aliphatic heterocycles. The van der Waals surface area contributed by atoms with Gasteiger partial charge < -0.3 is 0 Å². The van der Waals surface area contributed by atoms with E-state index in [9.17, 15) is 0 Å². The summed E-state index contributed by atoms with van der Waals surface area (Å²) in [5.41, 5.74) is 4.73. The Morgan fingerprint density at radius 1 is 1.20 bits per heavy atom. The SMILES string of the molecule is CC1=C(C)C(C)[C]([Ti][C]2=CC=CC2)=C1C. The summed E-state index contributed by atoms with van der Waals surface area (Å²) in [6.45, 7) is 9.26. The molecule has 0 aromatic carbocycles. The molecule has 0 amide bonds. The minimum absolute atomic E-state index is 0.0244. The van der Waals surface area contributed by atoms with Gasteiger partial charge in [0.2, 0.25) is 0 Å². The van der Waals surface area contributed by atoms with E-state index in [4.69, 9.17) is 0 Å². The maximum absolute atomic E-state index is 2.37. The Labute approximate surface area is 102 Å². The molecule has 0 aromatic rings. The first-order chi connectivity index (χ1) is 7.11. The van der Waals surface area contributed by atoms with Gasteiger partial charge in [0.1, 0.15) is 0 Å². The van der Waals surface area contributed by atoms with Crippen LogP contribution in [0.5, 0.6) is 0 Å². The second kappa shape index (κ2) is 4.27. The van der Waals surface area contributed by atoms with Crippen LogP contribution >= 0.6 is 0 Å². The second-order valence-electron chi connectivity index (χ2n) is 4.52. The van der Waals surface area contributed by atoms with Gasteiger partial charge in [-0.05, 0) is 0 Å². The van der Waals surface area contributed by atoms with Crippen molar-refractivity contribution in [3.05, 3.63) is 42.7 Å². The van der Waals surface area contributed by atoms with E-state index in [0.717, 1.165) is 0 Å². The second-order valence-corrected chi connectivity index (χ2v) is 6.75. The molecule has 15 heavy (non-hydrogen) atoms. The predicted molar refractivity (Wildman–Crippen MR) is 62.1 cm³/mol. The monoisotopic (exact) mass is 234 g/mol. The van der Waals surface area contributed by atoms with Gasteiger partial charge in [0.15, 0.2) is 0 Å². The van der Waals surface area contributed by atoms with Crippen molar-refractivity contribution in [1.29, 1.82) is 0 Å². The van der Waals surface area contributed by atoms with E-state index in [0.29, 0.717) is 5.92 Å². The Hall–Kier alpha value is -0.326. The van der Waals surface area contributed by atoms with Crippen molar-refractivity contribution in [2.45, 2.75) is 34.1 Å². The van der Waals surface area contributed by atoms with E-state index in [1.54, 1.807) is 24.5 Å². The van der Waals surface area contributed by atoms with Crippen molar-refractivity contribution in [2.75, 3.05) is 0 Å². The molecule has 0 nitrogen and oxygen atoms in total. The van der Waals surface area contributed by atoms with Gasteiger partial charge in [-0.2, -0.15) is 0 Å². The van der Waals surface area contributed by atoms with Crippen molar-refractivity contribution >= 4 is 0 Å². The Balaban J connectivity index is 2.18. The molecule has 78 valence electrons. The predicted octanol–water partition coefficient (Wildman–Crippen LogP) is 4.17. The van der Waals surface area contributed by atoms with Gasteiger partial charge in [0.05, 0.1) is 0 Å². The third kappa shape index (κ3) is 1.98. The third-order valence-corrected chi connectivity index (χ3v) is 6.47. The quantitative estimate of drug-likeness (QED) is 0.629. The van der Waals surface area contributed by atoms with E-state index in [1.165, 1.54) is 6.42 Å². The molecule has 0 N–H and O–H groups in total. The zero-order valence-electron chi connectivity index (χ0n) is 10.0. The summed E-state index contributed by atoms with van der Waals surface area (Å²) in [7, 11) is 0. The standard InChI is InChI=1S/C9H13.C5H5.Ti/c1-6-5-7(2)9(4)8(6)3;1-2-4-5-3-1;/h6H,1-4H3;1-3H,4H2;. The molecule has 2 aliphatic rings. The molecule has 0 aromatic heterocycles. The third-order valence-electron chi connectivity index (χ3n) is 3.71. The van der Waals surface area contributed by atoms with Gasteiger partial charge in [-0.15, -0.1) is 0 Å². The van der Waals surface area contributed by atoms with Crippen molar-refractivity contribution in [1.82, 2.24) is 0 Å². The van der Waals surface area contributed by atoms with Gasteiger partial charge in [-0.1, -0.05) is 0 Å². The number of hydrogen-bond acceptors (Lipinski definition) is 0. The van der Waals surface area contributed by atoms with Crippen LogP contribution in [0.15, 0.2) is 42.7 Å². The fraction of sp³-hybridized carbons (Fsp3) is 0.429. The molecular weight excluding hydrogens is 216 g/mol. The summed E-state index contributed by atoms with van der Waals surface area (Å²) in [6.07, 6.45) is 8.03. The molecule has 2 rings (SSSR count). The van der Waals surface area contributed by atoms with E-state index < -0.39 is 0 Å². The summed E-state index contributed by atoms with van der Waals surface area (Å²) in [5.74, 6) is 0.714. The molecule has 0 radical (unpaired) electrons. The zero-order valence-corrected chi connectivity index (χ0v) is 11.6. The van der Waals surface area contributed by atoms with Crippen LogP contribution in [0.4, 0.5) is 0 Å². The molecule has 1 atom stereocenters. The van der Waals surface area contributed by atoms with Crippen LogP contribution in [0, 0.1) is 5.92 Å².